The third kappa shape index (κ3) is 15.4. The van der Waals surface area contributed by atoms with Gasteiger partial charge in [0, 0.05) is 0 Å². The lowest BCUT2D eigenvalue weighted by Gasteiger charge is -2.03. The van der Waals surface area contributed by atoms with Crippen molar-refractivity contribution in [3.8, 4) is 0 Å². The molecule has 0 aliphatic heterocycles. The summed E-state index contributed by atoms with van der Waals surface area (Å²) in [5.74, 6) is -1.04. The summed E-state index contributed by atoms with van der Waals surface area (Å²) in [5.41, 5.74) is 0.369. The van der Waals surface area contributed by atoms with Gasteiger partial charge in [0.1, 0.15) is 0 Å². The lowest BCUT2D eigenvalue weighted by atomic mass is 10.0. The minimum atomic E-state index is -1.04. The van der Waals surface area contributed by atoms with Crippen molar-refractivity contribution in [3.63, 3.8) is 0 Å². The fraction of sp³-hybridized carbons (Fsp3) is 0.842. The molecule has 0 aliphatic rings. The largest absolute Gasteiger partial charge is 0.545 e. The molecule has 0 fully saturated rings. The van der Waals surface area contributed by atoms with Crippen LogP contribution in [0.5, 0.6) is 0 Å². The van der Waals surface area contributed by atoms with E-state index in [1.165, 1.54) is 77.0 Å². The molecule has 2 nitrogen and oxygen atoms in total. The van der Waals surface area contributed by atoms with Gasteiger partial charge < -0.3 is 9.90 Å². The summed E-state index contributed by atoms with van der Waals surface area (Å²) in [5, 5.41) is 10.5. The lowest BCUT2D eigenvalue weighted by molar-refractivity contribution is -0.299. The van der Waals surface area contributed by atoms with Gasteiger partial charge in [-0.05, 0) is 25.3 Å². The van der Waals surface area contributed by atoms with Crippen LogP contribution in [0.2, 0.25) is 0 Å². The predicted octanol–water partition coefficient (Wildman–Crippen LogP) is 5.16. The molecule has 2 heteroatoms. The Hall–Kier alpha value is -0.790. The maximum absolute atomic E-state index is 10.5. The second-order valence-electron chi connectivity index (χ2n) is 6.21. The zero-order valence-electron chi connectivity index (χ0n) is 14.3. The first-order valence-corrected chi connectivity index (χ1v) is 9.06. The second-order valence-corrected chi connectivity index (χ2v) is 6.21. The van der Waals surface area contributed by atoms with Crippen molar-refractivity contribution in [1.29, 1.82) is 0 Å². The Morgan fingerprint density at radius 2 is 1.14 bits per heavy atom. The average molecular weight is 295 g/mol. The highest BCUT2D eigenvalue weighted by Gasteiger charge is 1.94. The molecule has 0 unspecified atom stereocenters. The van der Waals surface area contributed by atoms with Crippen molar-refractivity contribution in [2.75, 3.05) is 0 Å². The van der Waals surface area contributed by atoms with Gasteiger partial charge in [-0.1, -0.05) is 90.0 Å². The molecule has 0 saturated carbocycles. The van der Waals surface area contributed by atoms with Crippen molar-refractivity contribution in [2.24, 2.45) is 0 Å². The molecule has 0 atom stereocenters. The fourth-order valence-electron chi connectivity index (χ4n) is 2.56. The Morgan fingerprint density at radius 3 is 1.52 bits per heavy atom. The standard InChI is InChI=1S/C19H36O2/c1-3-4-5-6-7-8-9-10-11-12-13-14-15-16-17-18(2)19(20)21/h17H,3-16H2,1-2H3,(H,20,21)/p-1/b18-17+. The maximum Gasteiger partial charge on any atom is 0.0668 e. The number of unbranched alkanes of at least 4 members (excludes halogenated alkanes) is 13. The van der Waals surface area contributed by atoms with E-state index in [2.05, 4.69) is 6.92 Å². The van der Waals surface area contributed by atoms with Crippen LogP contribution in [0.1, 0.15) is 104 Å². The van der Waals surface area contributed by atoms with Gasteiger partial charge in [0.05, 0.1) is 5.97 Å². The van der Waals surface area contributed by atoms with E-state index in [0.717, 1.165) is 12.8 Å². The first-order chi connectivity index (χ1) is 10.2. The van der Waals surface area contributed by atoms with E-state index in [9.17, 15) is 9.90 Å². The molecule has 0 N–H and O–H groups in total. The first-order valence-electron chi connectivity index (χ1n) is 9.06. The van der Waals surface area contributed by atoms with Gasteiger partial charge in [-0.25, -0.2) is 0 Å². The number of rotatable bonds is 15. The molecule has 0 spiro atoms. The van der Waals surface area contributed by atoms with Crippen LogP contribution in [-0.4, -0.2) is 5.97 Å². The Bertz CT molecular complexity index is 269. The summed E-state index contributed by atoms with van der Waals surface area (Å²) < 4.78 is 0. The van der Waals surface area contributed by atoms with Crippen molar-refractivity contribution >= 4 is 5.97 Å². The number of carboxylic acids is 1. The quantitative estimate of drug-likeness (QED) is 0.309. The van der Waals surface area contributed by atoms with Crippen molar-refractivity contribution < 1.29 is 9.90 Å². The number of allylic oxidation sites excluding steroid dienone is 1. The summed E-state index contributed by atoms with van der Waals surface area (Å²) in [6, 6.07) is 0. The number of hydrogen-bond acceptors (Lipinski definition) is 2. The van der Waals surface area contributed by atoms with Gasteiger partial charge in [0.25, 0.3) is 0 Å². The van der Waals surface area contributed by atoms with Crippen LogP contribution in [0.4, 0.5) is 0 Å². The summed E-state index contributed by atoms with van der Waals surface area (Å²) >= 11 is 0. The predicted molar refractivity (Wildman–Crippen MR) is 89.1 cm³/mol. The van der Waals surface area contributed by atoms with Crippen LogP contribution in [0, 0.1) is 0 Å². The van der Waals surface area contributed by atoms with Crippen molar-refractivity contribution in [1.82, 2.24) is 0 Å². The number of aliphatic carboxylic acids is 1. The number of carbonyl (C=O) groups is 1. The molecule has 0 radical (unpaired) electrons. The van der Waals surface area contributed by atoms with Crippen molar-refractivity contribution in [3.05, 3.63) is 11.6 Å². The fourth-order valence-corrected chi connectivity index (χ4v) is 2.56. The van der Waals surface area contributed by atoms with Crippen molar-refractivity contribution in [2.45, 2.75) is 104 Å². The van der Waals surface area contributed by atoms with Gasteiger partial charge >= 0.3 is 0 Å². The van der Waals surface area contributed by atoms with Gasteiger partial charge in [-0.15, -0.1) is 0 Å². The zero-order chi connectivity index (χ0) is 15.8. The summed E-state index contributed by atoms with van der Waals surface area (Å²) in [7, 11) is 0. The Morgan fingerprint density at radius 1 is 0.762 bits per heavy atom. The molecule has 21 heavy (non-hydrogen) atoms. The van der Waals surface area contributed by atoms with Gasteiger partial charge in [-0.2, -0.15) is 0 Å². The molecular weight excluding hydrogens is 260 g/mol. The Labute approximate surface area is 132 Å². The molecule has 0 rings (SSSR count). The van der Waals surface area contributed by atoms with Gasteiger partial charge in [-0.3, -0.25) is 0 Å². The third-order valence-electron chi connectivity index (χ3n) is 4.08. The van der Waals surface area contributed by atoms with Crippen LogP contribution >= 0.6 is 0 Å². The molecule has 0 bridgehead atoms. The molecule has 0 aliphatic carbocycles. The van der Waals surface area contributed by atoms with E-state index in [4.69, 9.17) is 0 Å². The van der Waals surface area contributed by atoms with Gasteiger partial charge in [0.2, 0.25) is 0 Å². The van der Waals surface area contributed by atoms with Crippen LogP contribution in [0.25, 0.3) is 0 Å². The highest BCUT2D eigenvalue weighted by molar-refractivity contribution is 5.83. The highest BCUT2D eigenvalue weighted by Crippen LogP contribution is 2.13. The minimum Gasteiger partial charge on any atom is -0.545 e. The summed E-state index contributed by atoms with van der Waals surface area (Å²) in [4.78, 5) is 10.5. The van der Waals surface area contributed by atoms with E-state index >= 15 is 0 Å². The third-order valence-corrected chi connectivity index (χ3v) is 4.08. The molecular formula is C19H35O2-. The lowest BCUT2D eigenvalue weighted by Crippen LogP contribution is -2.22. The normalized spacial score (nSPS) is 11.8. The molecule has 0 amide bonds. The van der Waals surface area contributed by atoms with Crippen LogP contribution in [0.15, 0.2) is 11.6 Å². The van der Waals surface area contributed by atoms with E-state index in [1.54, 1.807) is 13.0 Å². The zero-order valence-corrected chi connectivity index (χ0v) is 14.3. The first kappa shape index (κ1) is 20.2. The smallest absolute Gasteiger partial charge is 0.0668 e. The molecule has 0 heterocycles. The monoisotopic (exact) mass is 295 g/mol. The number of hydrogen-bond donors (Lipinski definition) is 0. The molecule has 124 valence electrons. The molecule has 0 aromatic carbocycles. The van der Waals surface area contributed by atoms with E-state index in [1.807, 2.05) is 0 Å². The highest BCUT2D eigenvalue weighted by atomic mass is 16.4. The SMILES string of the molecule is CCCCCCCCCCCCCCC/C=C(\C)C(=O)[O-]. The Balaban J connectivity index is 3.12. The summed E-state index contributed by atoms with van der Waals surface area (Å²) in [6.45, 7) is 3.87. The van der Waals surface area contributed by atoms with E-state index < -0.39 is 5.97 Å². The van der Waals surface area contributed by atoms with E-state index in [-0.39, 0.29) is 0 Å². The van der Waals surface area contributed by atoms with Gasteiger partial charge in [0.15, 0.2) is 0 Å². The Kier molecular flexibility index (Phi) is 15.0. The number of carbonyl (C=O) groups excluding carboxylic acids is 1. The number of carboxylic acid groups (broad SMARTS) is 1. The van der Waals surface area contributed by atoms with Crippen LogP contribution in [-0.2, 0) is 4.79 Å². The minimum absolute atomic E-state index is 0.369. The molecule has 0 saturated heterocycles. The molecule has 0 aromatic rings. The van der Waals surface area contributed by atoms with Crippen LogP contribution < -0.4 is 5.11 Å². The topological polar surface area (TPSA) is 40.1 Å². The average Bonchev–Trinajstić information content (AvgIpc) is 2.47. The molecule has 0 aromatic heterocycles. The summed E-state index contributed by atoms with van der Waals surface area (Å²) in [6.07, 6.45) is 20.2. The second kappa shape index (κ2) is 15.6. The maximum atomic E-state index is 10.5. The van der Waals surface area contributed by atoms with E-state index in [0.29, 0.717) is 5.57 Å². The van der Waals surface area contributed by atoms with Crippen LogP contribution in [0.3, 0.4) is 0 Å².